The summed E-state index contributed by atoms with van der Waals surface area (Å²) in [5.41, 5.74) is 1.27. The van der Waals surface area contributed by atoms with Crippen molar-refractivity contribution in [2.24, 2.45) is 0 Å². The second kappa shape index (κ2) is 5.60. The molecular weight excluding hydrogens is 275 g/mol. The van der Waals surface area contributed by atoms with Crippen LogP contribution in [0.2, 0.25) is 0 Å². The van der Waals surface area contributed by atoms with E-state index in [4.69, 9.17) is 4.74 Å². The number of halogens is 1. The molecule has 0 fully saturated rings. The summed E-state index contributed by atoms with van der Waals surface area (Å²) in [6.07, 6.45) is 0.529. The lowest BCUT2D eigenvalue weighted by molar-refractivity contribution is 0.0224. The van der Waals surface area contributed by atoms with Crippen LogP contribution in [0.25, 0.3) is 0 Å². The standard InChI is InChI=1S/C11H15IO/c1-9(2)13-11(8-12)10-6-4-3-5-7-10/h3-7,9,11H,8H2,1-2H3/t11-/m1/s1. The van der Waals surface area contributed by atoms with E-state index in [1.54, 1.807) is 0 Å². The zero-order valence-corrected chi connectivity index (χ0v) is 10.2. The Kier molecular flexibility index (Phi) is 4.73. The van der Waals surface area contributed by atoms with Gasteiger partial charge in [0.15, 0.2) is 0 Å². The van der Waals surface area contributed by atoms with Crippen LogP contribution < -0.4 is 0 Å². The predicted octanol–water partition coefficient (Wildman–Crippen LogP) is 3.59. The van der Waals surface area contributed by atoms with Gasteiger partial charge >= 0.3 is 0 Å². The molecule has 0 saturated heterocycles. The Morgan fingerprint density at radius 2 is 1.85 bits per heavy atom. The predicted molar refractivity (Wildman–Crippen MR) is 64.3 cm³/mol. The van der Waals surface area contributed by atoms with E-state index in [0.717, 1.165) is 4.43 Å². The van der Waals surface area contributed by atoms with Crippen LogP contribution in [0.1, 0.15) is 25.5 Å². The summed E-state index contributed by atoms with van der Waals surface area (Å²) in [6.45, 7) is 4.14. The number of hydrogen-bond acceptors (Lipinski definition) is 1. The molecule has 0 amide bonds. The molecule has 1 aromatic carbocycles. The Bertz CT molecular complexity index is 233. The minimum atomic E-state index is 0.238. The van der Waals surface area contributed by atoms with Gasteiger partial charge in [-0.15, -0.1) is 0 Å². The minimum Gasteiger partial charge on any atom is -0.370 e. The molecule has 0 unspecified atom stereocenters. The number of alkyl halides is 1. The molecule has 0 aliphatic carbocycles. The molecule has 0 saturated carbocycles. The van der Waals surface area contributed by atoms with Gasteiger partial charge in [0, 0.05) is 4.43 Å². The summed E-state index contributed by atoms with van der Waals surface area (Å²) < 4.78 is 6.78. The monoisotopic (exact) mass is 290 g/mol. The highest BCUT2D eigenvalue weighted by atomic mass is 127. The molecule has 0 bridgehead atoms. The Labute approximate surface area is 93.6 Å². The summed E-state index contributed by atoms with van der Waals surface area (Å²) in [5.74, 6) is 0. The SMILES string of the molecule is CC(C)O[C@H](CI)c1ccccc1. The van der Waals surface area contributed by atoms with Crippen LogP contribution in [-0.4, -0.2) is 10.5 Å². The van der Waals surface area contributed by atoms with E-state index >= 15 is 0 Å². The second-order valence-corrected chi connectivity index (χ2v) is 4.12. The molecule has 0 aliphatic rings. The summed E-state index contributed by atoms with van der Waals surface area (Å²) in [5, 5.41) is 0. The van der Waals surface area contributed by atoms with Gasteiger partial charge in [-0.2, -0.15) is 0 Å². The number of hydrogen-bond donors (Lipinski definition) is 0. The fourth-order valence-corrected chi connectivity index (χ4v) is 1.92. The van der Waals surface area contributed by atoms with Gasteiger partial charge in [0.2, 0.25) is 0 Å². The van der Waals surface area contributed by atoms with Crippen molar-refractivity contribution in [2.75, 3.05) is 4.43 Å². The van der Waals surface area contributed by atoms with E-state index < -0.39 is 0 Å². The fourth-order valence-electron chi connectivity index (χ4n) is 1.20. The molecule has 0 spiro atoms. The van der Waals surface area contributed by atoms with Gasteiger partial charge in [0.05, 0.1) is 12.2 Å². The molecule has 13 heavy (non-hydrogen) atoms. The van der Waals surface area contributed by atoms with Crippen molar-refractivity contribution in [2.45, 2.75) is 26.1 Å². The minimum absolute atomic E-state index is 0.238. The zero-order valence-electron chi connectivity index (χ0n) is 8.03. The van der Waals surface area contributed by atoms with Gasteiger partial charge in [-0.1, -0.05) is 52.9 Å². The molecule has 72 valence electrons. The van der Waals surface area contributed by atoms with Crippen LogP contribution in [0.15, 0.2) is 30.3 Å². The van der Waals surface area contributed by atoms with Crippen molar-refractivity contribution >= 4 is 22.6 Å². The topological polar surface area (TPSA) is 9.23 Å². The quantitative estimate of drug-likeness (QED) is 0.608. The molecule has 1 nitrogen and oxygen atoms in total. The highest BCUT2D eigenvalue weighted by molar-refractivity contribution is 14.1. The molecule has 2 heteroatoms. The maximum Gasteiger partial charge on any atom is 0.0917 e. The highest BCUT2D eigenvalue weighted by Gasteiger charge is 2.10. The normalized spacial score (nSPS) is 13.2. The van der Waals surface area contributed by atoms with Gasteiger partial charge in [0.25, 0.3) is 0 Å². The van der Waals surface area contributed by atoms with Gasteiger partial charge in [-0.3, -0.25) is 0 Å². The van der Waals surface area contributed by atoms with E-state index in [0.29, 0.717) is 6.10 Å². The van der Waals surface area contributed by atoms with Crippen LogP contribution >= 0.6 is 22.6 Å². The number of rotatable bonds is 4. The molecule has 1 atom stereocenters. The van der Waals surface area contributed by atoms with Gasteiger partial charge in [-0.05, 0) is 19.4 Å². The summed E-state index contributed by atoms with van der Waals surface area (Å²) in [6, 6.07) is 10.4. The van der Waals surface area contributed by atoms with E-state index in [-0.39, 0.29) is 6.10 Å². The van der Waals surface area contributed by atoms with Gasteiger partial charge in [-0.25, -0.2) is 0 Å². The van der Waals surface area contributed by atoms with Crippen LogP contribution in [0.5, 0.6) is 0 Å². The van der Waals surface area contributed by atoms with Crippen LogP contribution in [0.3, 0.4) is 0 Å². The number of ether oxygens (including phenoxy) is 1. The molecule has 1 aromatic rings. The van der Waals surface area contributed by atoms with E-state index in [1.807, 2.05) is 6.07 Å². The maximum absolute atomic E-state index is 5.78. The Morgan fingerprint density at radius 3 is 2.31 bits per heavy atom. The molecular formula is C11H15IO. The lowest BCUT2D eigenvalue weighted by Gasteiger charge is -2.18. The van der Waals surface area contributed by atoms with E-state index in [2.05, 4.69) is 60.7 Å². The Balaban J connectivity index is 2.67. The third-order valence-corrected chi connectivity index (χ3v) is 2.55. The summed E-state index contributed by atoms with van der Waals surface area (Å²) in [7, 11) is 0. The highest BCUT2D eigenvalue weighted by Crippen LogP contribution is 2.20. The third-order valence-electron chi connectivity index (χ3n) is 1.75. The zero-order chi connectivity index (χ0) is 9.68. The lowest BCUT2D eigenvalue weighted by Crippen LogP contribution is -2.11. The smallest absolute Gasteiger partial charge is 0.0917 e. The van der Waals surface area contributed by atoms with Crippen molar-refractivity contribution in [3.05, 3.63) is 35.9 Å². The van der Waals surface area contributed by atoms with Crippen LogP contribution in [-0.2, 0) is 4.74 Å². The first-order chi connectivity index (χ1) is 6.24. The third kappa shape index (κ3) is 3.65. The largest absolute Gasteiger partial charge is 0.370 e. The Hall–Kier alpha value is -0.0900. The van der Waals surface area contributed by atoms with E-state index in [9.17, 15) is 0 Å². The van der Waals surface area contributed by atoms with Crippen molar-refractivity contribution in [3.8, 4) is 0 Å². The van der Waals surface area contributed by atoms with Crippen molar-refractivity contribution in [1.29, 1.82) is 0 Å². The van der Waals surface area contributed by atoms with Gasteiger partial charge < -0.3 is 4.74 Å². The van der Waals surface area contributed by atoms with Crippen LogP contribution in [0, 0.1) is 0 Å². The molecule has 1 rings (SSSR count). The average molecular weight is 290 g/mol. The second-order valence-electron chi connectivity index (χ2n) is 3.24. The first-order valence-corrected chi connectivity index (χ1v) is 6.03. The molecule has 0 radical (unpaired) electrons. The summed E-state index contributed by atoms with van der Waals surface area (Å²) in [4.78, 5) is 0. The molecule has 0 N–H and O–H groups in total. The van der Waals surface area contributed by atoms with Crippen molar-refractivity contribution in [1.82, 2.24) is 0 Å². The van der Waals surface area contributed by atoms with E-state index in [1.165, 1.54) is 5.56 Å². The van der Waals surface area contributed by atoms with Crippen molar-refractivity contribution in [3.63, 3.8) is 0 Å². The van der Waals surface area contributed by atoms with Crippen LogP contribution in [0.4, 0.5) is 0 Å². The van der Waals surface area contributed by atoms with Crippen molar-refractivity contribution < 1.29 is 4.74 Å². The first kappa shape index (κ1) is 11.0. The first-order valence-electron chi connectivity index (χ1n) is 4.50. The number of benzene rings is 1. The molecule has 0 heterocycles. The molecule has 0 aliphatic heterocycles. The fraction of sp³-hybridized carbons (Fsp3) is 0.455. The van der Waals surface area contributed by atoms with Gasteiger partial charge in [0.1, 0.15) is 0 Å². The summed E-state index contributed by atoms with van der Waals surface area (Å²) >= 11 is 2.36. The maximum atomic E-state index is 5.78. The average Bonchev–Trinajstić information content (AvgIpc) is 2.15. The molecule has 0 aromatic heterocycles. The Morgan fingerprint density at radius 1 is 1.23 bits per heavy atom. The lowest BCUT2D eigenvalue weighted by atomic mass is 10.1.